The molecule has 22 heavy (non-hydrogen) atoms. The van der Waals surface area contributed by atoms with Crippen LogP contribution >= 0.6 is 15.9 Å². The summed E-state index contributed by atoms with van der Waals surface area (Å²) in [6.45, 7) is 4.61. The third-order valence-corrected chi connectivity index (χ3v) is 5.15. The molecule has 0 saturated heterocycles. The Morgan fingerprint density at radius 3 is 2.32 bits per heavy atom. The quantitative estimate of drug-likeness (QED) is 0.808. The second kappa shape index (κ2) is 6.41. The fourth-order valence-corrected chi connectivity index (χ4v) is 3.03. The molecule has 120 valence electrons. The van der Waals surface area contributed by atoms with Crippen molar-refractivity contribution in [3.8, 4) is 0 Å². The van der Waals surface area contributed by atoms with E-state index in [2.05, 4.69) is 35.1 Å². The number of carboxylic acids is 1. The summed E-state index contributed by atoms with van der Waals surface area (Å²) < 4.78 is 1.02. The Morgan fingerprint density at radius 2 is 1.86 bits per heavy atom. The van der Waals surface area contributed by atoms with Crippen molar-refractivity contribution >= 4 is 27.8 Å². The largest absolute Gasteiger partial charge is 0.481 e. The predicted octanol–water partition coefficient (Wildman–Crippen LogP) is 3.49. The van der Waals surface area contributed by atoms with Gasteiger partial charge in [-0.05, 0) is 30.5 Å². The van der Waals surface area contributed by atoms with Gasteiger partial charge in [-0.1, -0.05) is 48.3 Å². The van der Waals surface area contributed by atoms with Gasteiger partial charge in [0.1, 0.15) is 0 Å². The molecule has 0 atom stereocenters. The maximum atomic E-state index is 12.1. The van der Waals surface area contributed by atoms with Crippen LogP contribution in [0.1, 0.15) is 45.1 Å². The summed E-state index contributed by atoms with van der Waals surface area (Å²) in [4.78, 5) is 23.4. The Bertz CT molecular complexity index is 562. The van der Waals surface area contributed by atoms with Gasteiger partial charge in [-0.3, -0.25) is 9.59 Å². The Morgan fingerprint density at radius 1 is 1.27 bits per heavy atom. The van der Waals surface area contributed by atoms with E-state index in [1.165, 1.54) is 0 Å². The van der Waals surface area contributed by atoms with E-state index in [1.54, 1.807) is 0 Å². The highest BCUT2D eigenvalue weighted by Crippen LogP contribution is 2.44. The minimum atomic E-state index is -0.846. The van der Waals surface area contributed by atoms with Gasteiger partial charge in [-0.25, -0.2) is 0 Å². The monoisotopic (exact) mass is 367 g/mol. The number of nitrogens with one attached hydrogen (secondary N) is 1. The smallest absolute Gasteiger partial charge is 0.310 e. The molecule has 0 heterocycles. The molecule has 1 fully saturated rings. The third-order valence-electron chi connectivity index (χ3n) is 4.62. The van der Waals surface area contributed by atoms with E-state index in [0.29, 0.717) is 19.4 Å². The zero-order valence-electron chi connectivity index (χ0n) is 13.0. The van der Waals surface area contributed by atoms with Crippen LogP contribution in [0.5, 0.6) is 0 Å². The minimum Gasteiger partial charge on any atom is -0.481 e. The fraction of sp³-hybridized carbons (Fsp3) is 0.529. The molecule has 0 unspecified atom stereocenters. The van der Waals surface area contributed by atoms with Crippen molar-refractivity contribution in [3.63, 3.8) is 0 Å². The lowest BCUT2D eigenvalue weighted by atomic mass is 9.66. The zero-order chi connectivity index (χ0) is 16.4. The molecule has 1 aliphatic rings. The molecule has 0 bridgehead atoms. The average molecular weight is 368 g/mol. The first-order valence-electron chi connectivity index (χ1n) is 7.51. The van der Waals surface area contributed by atoms with E-state index in [1.807, 2.05) is 24.3 Å². The highest BCUT2D eigenvalue weighted by atomic mass is 79.9. The first-order chi connectivity index (χ1) is 10.3. The van der Waals surface area contributed by atoms with Gasteiger partial charge in [0.15, 0.2) is 0 Å². The highest BCUT2D eigenvalue weighted by Gasteiger charge is 2.45. The number of benzene rings is 1. The summed E-state index contributed by atoms with van der Waals surface area (Å²) in [5.74, 6) is -1.02. The van der Waals surface area contributed by atoms with E-state index in [0.717, 1.165) is 16.5 Å². The van der Waals surface area contributed by atoms with Gasteiger partial charge >= 0.3 is 5.97 Å². The molecule has 4 nitrogen and oxygen atoms in total. The van der Waals surface area contributed by atoms with Crippen molar-refractivity contribution in [2.75, 3.05) is 6.54 Å². The van der Waals surface area contributed by atoms with Crippen LogP contribution in [0.15, 0.2) is 28.7 Å². The Kier molecular flexibility index (Phi) is 4.95. The number of aliphatic carboxylic acids is 1. The van der Waals surface area contributed by atoms with Crippen LogP contribution in [0, 0.1) is 5.41 Å². The van der Waals surface area contributed by atoms with Crippen LogP contribution in [0.4, 0.5) is 0 Å². The SMILES string of the molecule is CC(C)(CNC(=O)CC1(C(=O)O)CCC1)c1ccc(Br)cc1. The van der Waals surface area contributed by atoms with E-state index in [-0.39, 0.29) is 17.7 Å². The van der Waals surface area contributed by atoms with Crippen molar-refractivity contribution < 1.29 is 14.7 Å². The van der Waals surface area contributed by atoms with Gasteiger partial charge in [0.25, 0.3) is 0 Å². The van der Waals surface area contributed by atoms with E-state index >= 15 is 0 Å². The lowest BCUT2D eigenvalue weighted by Crippen LogP contribution is -2.44. The van der Waals surface area contributed by atoms with Crippen molar-refractivity contribution in [2.45, 2.75) is 44.9 Å². The number of hydrogen-bond acceptors (Lipinski definition) is 2. The Balaban J connectivity index is 1.92. The third kappa shape index (κ3) is 3.69. The fourth-order valence-electron chi connectivity index (χ4n) is 2.76. The van der Waals surface area contributed by atoms with E-state index < -0.39 is 11.4 Å². The molecular formula is C17H22BrNO3. The average Bonchev–Trinajstić information content (AvgIpc) is 2.41. The lowest BCUT2D eigenvalue weighted by molar-refractivity contribution is -0.157. The molecule has 1 aromatic rings. The van der Waals surface area contributed by atoms with Crippen LogP contribution in [-0.4, -0.2) is 23.5 Å². The molecule has 5 heteroatoms. The number of amides is 1. The Labute approximate surface area is 139 Å². The van der Waals surface area contributed by atoms with E-state index in [4.69, 9.17) is 0 Å². The van der Waals surface area contributed by atoms with Crippen LogP contribution in [0.3, 0.4) is 0 Å². The first kappa shape index (κ1) is 17.0. The van der Waals surface area contributed by atoms with Gasteiger partial charge in [0, 0.05) is 22.9 Å². The Hall–Kier alpha value is -1.36. The molecule has 1 saturated carbocycles. The molecule has 0 radical (unpaired) electrons. The first-order valence-corrected chi connectivity index (χ1v) is 8.31. The number of carboxylic acid groups (broad SMARTS) is 1. The maximum absolute atomic E-state index is 12.1. The summed E-state index contributed by atoms with van der Waals surface area (Å²) in [6.07, 6.45) is 2.18. The van der Waals surface area contributed by atoms with Crippen LogP contribution in [0.25, 0.3) is 0 Å². The number of halogens is 1. The molecule has 2 rings (SSSR count). The number of hydrogen-bond donors (Lipinski definition) is 2. The molecule has 0 spiro atoms. The van der Waals surface area contributed by atoms with Crippen LogP contribution < -0.4 is 5.32 Å². The van der Waals surface area contributed by atoms with Crippen LogP contribution in [0.2, 0.25) is 0 Å². The topological polar surface area (TPSA) is 66.4 Å². The molecule has 1 aromatic carbocycles. The number of rotatable bonds is 6. The molecular weight excluding hydrogens is 346 g/mol. The van der Waals surface area contributed by atoms with Crippen molar-refractivity contribution in [1.82, 2.24) is 5.32 Å². The summed E-state index contributed by atoms with van der Waals surface area (Å²) >= 11 is 3.41. The summed E-state index contributed by atoms with van der Waals surface area (Å²) in [6, 6.07) is 8.02. The predicted molar refractivity (Wildman–Crippen MR) is 88.7 cm³/mol. The van der Waals surface area contributed by atoms with Crippen LogP contribution in [-0.2, 0) is 15.0 Å². The summed E-state index contributed by atoms with van der Waals surface area (Å²) in [7, 11) is 0. The molecule has 0 aliphatic heterocycles. The number of carbonyl (C=O) groups is 2. The second-order valence-corrected chi connectivity index (χ2v) is 7.70. The summed E-state index contributed by atoms with van der Waals surface area (Å²) in [5.41, 5.74) is 0.102. The van der Waals surface area contributed by atoms with Crippen molar-refractivity contribution in [1.29, 1.82) is 0 Å². The standard InChI is InChI=1S/C17H22BrNO3/c1-16(2,12-4-6-13(18)7-5-12)11-19-14(20)10-17(15(21)22)8-3-9-17/h4-7H,3,8-11H2,1-2H3,(H,19,20)(H,21,22). The lowest BCUT2D eigenvalue weighted by Gasteiger charge is -2.37. The highest BCUT2D eigenvalue weighted by molar-refractivity contribution is 9.10. The minimum absolute atomic E-state index is 0.0821. The molecule has 1 amide bonds. The number of carbonyl (C=O) groups excluding carboxylic acids is 1. The summed E-state index contributed by atoms with van der Waals surface area (Å²) in [5, 5.41) is 12.2. The van der Waals surface area contributed by atoms with Gasteiger partial charge in [0.2, 0.25) is 5.91 Å². The maximum Gasteiger partial charge on any atom is 0.310 e. The van der Waals surface area contributed by atoms with Crippen molar-refractivity contribution in [3.05, 3.63) is 34.3 Å². The van der Waals surface area contributed by atoms with Gasteiger partial charge in [0.05, 0.1) is 5.41 Å². The van der Waals surface area contributed by atoms with Crippen molar-refractivity contribution in [2.24, 2.45) is 5.41 Å². The molecule has 1 aliphatic carbocycles. The van der Waals surface area contributed by atoms with E-state index in [9.17, 15) is 14.7 Å². The zero-order valence-corrected chi connectivity index (χ0v) is 14.6. The van der Waals surface area contributed by atoms with Gasteiger partial charge < -0.3 is 10.4 Å². The molecule has 0 aromatic heterocycles. The van der Waals surface area contributed by atoms with Gasteiger partial charge in [-0.2, -0.15) is 0 Å². The normalized spacial score (nSPS) is 16.7. The second-order valence-electron chi connectivity index (χ2n) is 6.78. The van der Waals surface area contributed by atoms with Gasteiger partial charge in [-0.15, -0.1) is 0 Å². The molecule has 2 N–H and O–H groups in total.